The largest absolute Gasteiger partial charge is 0.481 e. The molecule has 25 heavy (non-hydrogen) atoms. The predicted molar refractivity (Wildman–Crippen MR) is 106 cm³/mol. The Morgan fingerprint density at radius 2 is 1.96 bits per heavy atom. The van der Waals surface area contributed by atoms with Crippen LogP contribution in [0.2, 0.25) is 0 Å². The molecule has 0 spiro atoms. The van der Waals surface area contributed by atoms with Crippen molar-refractivity contribution in [3.63, 3.8) is 0 Å². The summed E-state index contributed by atoms with van der Waals surface area (Å²) in [6.45, 7) is 0. The van der Waals surface area contributed by atoms with Crippen LogP contribution in [0.15, 0.2) is 42.5 Å². The van der Waals surface area contributed by atoms with Gasteiger partial charge in [0.2, 0.25) is 0 Å². The summed E-state index contributed by atoms with van der Waals surface area (Å²) in [5.74, 6) is 3.27. The fraction of sp³-hybridized carbons (Fsp3) is 0.591. The van der Waals surface area contributed by atoms with Crippen molar-refractivity contribution in [2.24, 2.45) is 17.8 Å². The molecule has 4 atom stereocenters. The van der Waals surface area contributed by atoms with Crippen molar-refractivity contribution in [3.05, 3.63) is 48.0 Å². The molecular weight excluding hydrogens is 328 g/mol. The Labute approximate surface area is 156 Å². The van der Waals surface area contributed by atoms with Crippen LogP contribution in [0.25, 0.3) is 0 Å². The predicted octanol–water partition coefficient (Wildman–Crippen LogP) is 5.58. The van der Waals surface area contributed by atoms with Crippen molar-refractivity contribution in [2.45, 2.75) is 56.6 Å². The van der Waals surface area contributed by atoms with Gasteiger partial charge in [0.05, 0.1) is 0 Å². The minimum Gasteiger partial charge on any atom is -0.481 e. The quantitative estimate of drug-likeness (QED) is 0.438. The third kappa shape index (κ3) is 5.37. The third-order valence-electron chi connectivity index (χ3n) is 5.89. The standard InChI is InChI=1S/C22H30O2S/c23-21(24)11-7-2-1-6-10-20-18-12-13-19(16-18)22(20)25-15-14-17-8-4-3-5-9-17/h1,3-6,8-9,18-20,22H,2,7,10-16H2,(H,23,24)/b6-1-/t18-,19+,20-,22+/m0/s1. The zero-order valence-electron chi connectivity index (χ0n) is 15.0. The molecule has 1 N–H and O–H groups in total. The molecule has 0 heterocycles. The first-order valence-corrected chi connectivity index (χ1v) is 10.8. The van der Waals surface area contributed by atoms with E-state index in [-0.39, 0.29) is 6.42 Å². The Kier molecular flexibility index (Phi) is 7.03. The topological polar surface area (TPSA) is 37.3 Å². The average Bonchev–Trinajstić information content (AvgIpc) is 3.21. The van der Waals surface area contributed by atoms with Crippen molar-refractivity contribution in [1.82, 2.24) is 0 Å². The average molecular weight is 359 g/mol. The van der Waals surface area contributed by atoms with Crippen molar-refractivity contribution < 1.29 is 9.90 Å². The minimum absolute atomic E-state index is 0.288. The maximum atomic E-state index is 10.5. The molecule has 2 bridgehead atoms. The van der Waals surface area contributed by atoms with Gasteiger partial charge in [0, 0.05) is 11.7 Å². The lowest BCUT2D eigenvalue weighted by atomic mass is 9.86. The lowest BCUT2D eigenvalue weighted by Crippen LogP contribution is -2.25. The third-order valence-corrected chi connectivity index (χ3v) is 7.45. The van der Waals surface area contributed by atoms with Crippen LogP contribution in [-0.2, 0) is 11.2 Å². The van der Waals surface area contributed by atoms with Crippen LogP contribution in [0.3, 0.4) is 0 Å². The second-order valence-electron chi connectivity index (χ2n) is 7.56. The number of carboxylic acids is 1. The summed E-state index contributed by atoms with van der Waals surface area (Å²) < 4.78 is 0. The number of fused-ring (bicyclic) bond motifs is 2. The molecule has 3 heteroatoms. The molecule has 2 nitrogen and oxygen atoms in total. The number of hydrogen-bond donors (Lipinski definition) is 1. The summed E-state index contributed by atoms with van der Waals surface area (Å²) in [6.07, 6.45) is 13.2. The second-order valence-corrected chi connectivity index (χ2v) is 8.85. The lowest BCUT2D eigenvalue weighted by molar-refractivity contribution is -0.137. The van der Waals surface area contributed by atoms with Crippen LogP contribution in [0.5, 0.6) is 0 Å². The first-order valence-electron chi connectivity index (χ1n) is 9.76. The molecule has 2 saturated carbocycles. The smallest absolute Gasteiger partial charge is 0.303 e. The SMILES string of the molecule is O=C(O)CCC/C=C\C[C@H]1[C@H]2CC[C@H](C2)[C@H]1SCCc1ccccc1. The number of hydrogen-bond acceptors (Lipinski definition) is 2. The van der Waals surface area contributed by atoms with Crippen molar-refractivity contribution in [3.8, 4) is 0 Å². The molecule has 136 valence electrons. The van der Waals surface area contributed by atoms with E-state index in [1.54, 1.807) is 0 Å². The van der Waals surface area contributed by atoms with Crippen LogP contribution in [-0.4, -0.2) is 22.1 Å². The summed E-state index contributed by atoms with van der Waals surface area (Å²) in [4.78, 5) is 10.5. The molecule has 1 aromatic rings. The highest BCUT2D eigenvalue weighted by Crippen LogP contribution is 2.54. The first kappa shape index (κ1) is 18.6. The Hall–Kier alpha value is -1.22. The normalized spacial score (nSPS) is 28.0. The van der Waals surface area contributed by atoms with E-state index in [9.17, 15) is 4.79 Å². The van der Waals surface area contributed by atoms with Crippen LogP contribution in [0.4, 0.5) is 0 Å². The lowest BCUT2D eigenvalue weighted by Gasteiger charge is -2.30. The van der Waals surface area contributed by atoms with Gasteiger partial charge in [0.15, 0.2) is 0 Å². The van der Waals surface area contributed by atoms with Crippen LogP contribution < -0.4 is 0 Å². The van der Waals surface area contributed by atoms with E-state index in [0.717, 1.165) is 35.8 Å². The highest BCUT2D eigenvalue weighted by Gasteiger charge is 2.46. The molecule has 2 fully saturated rings. The molecule has 0 unspecified atom stereocenters. The van der Waals surface area contributed by atoms with Crippen molar-refractivity contribution in [2.75, 3.05) is 5.75 Å². The molecule has 2 aliphatic rings. The zero-order valence-corrected chi connectivity index (χ0v) is 15.8. The van der Waals surface area contributed by atoms with Crippen molar-refractivity contribution >= 4 is 17.7 Å². The zero-order chi connectivity index (χ0) is 17.5. The summed E-state index contributed by atoms with van der Waals surface area (Å²) in [5.41, 5.74) is 1.45. The summed E-state index contributed by atoms with van der Waals surface area (Å²) in [5, 5.41) is 9.53. The van der Waals surface area contributed by atoms with E-state index in [1.165, 1.54) is 43.4 Å². The Morgan fingerprint density at radius 3 is 2.76 bits per heavy atom. The van der Waals surface area contributed by atoms with Gasteiger partial charge in [-0.15, -0.1) is 0 Å². The Balaban J connectivity index is 1.43. The summed E-state index contributed by atoms with van der Waals surface area (Å²) in [7, 11) is 0. The van der Waals surface area contributed by atoms with E-state index in [4.69, 9.17) is 5.11 Å². The van der Waals surface area contributed by atoms with Gasteiger partial charge in [-0.05, 0) is 74.0 Å². The van der Waals surface area contributed by atoms with Gasteiger partial charge in [0.25, 0.3) is 0 Å². The minimum atomic E-state index is -0.684. The number of rotatable bonds is 10. The highest BCUT2D eigenvalue weighted by atomic mass is 32.2. The van der Waals surface area contributed by atoms with Gasteiger partial charge >= 0.3 is 5.97 Å². The number of aryl methyl sites for hydroxylation is 1. The molecule has 0 amide bonds. The maximum absolute atomic E-state index is 10.5. The Morgan fingerprint density at radius 1 is 1.16 bits per heavy atom. The van der Waals surface area contributed by atoms with E-state index >= 15 is 0 Å². The second kappa shape index (κ2) is 9.47. The number of thioether (sulfide) groups is 1. The van der Waals surface area contributed by atoms with Crippen LogP contribution in [0.1, 0.15) is 50.5 Å². The van der Waals surface area contributed by atoms with Crippen LogP contribution >= 0.6 is 11.8 Å². The fourth-order valence-corrected chi connectivity index (χ4v) is 6.37. The summed E-state index contributed by atoms with van der Waals surface area (Å²) >= 11 is 2.21. The Bertz CT molecular complexity index is 569. The van der Waals surface area contributed by atoms with Crippen LogP contribution in [0, 0.1) is 17.8 Å². The number of aliphatic carboxylic acids is 1. The molecule has 0 saturated heterocycles. The van der Waals surface area contributed by atoms with E-state index in [2.05, 4.69) is 54.2 Å². The molecule has 3 rings (SSSR count). The molecule has 0 radical (unpaired) electrons. The van der Waals surface area contributed by atoms with E-state index in [0.29, 0.717) is 0 Å². The molecule has 1 aromatic carbocycles. The number of unbranched alkanes of at least 4 members (excludes halogenated alkanes) is 1. The number of benzene rings is 1. The number of allylic oxidation sites excluding steroid dienone is 2. The van der Waals surface area contributed by atoms with E-state index in [1.807, 2.05) is 0 Å². The summed E-state index contributed by atoms with van der Waals surface area (Å²) in [6, 6.07) is 10.8. The maximum Gasteiger partial charge on any atom is 0.303 e. The van der Waals surface area contributed by atoms with Gasteiger partial charge in [-0.25, -0.2) is 0 Å². The number of carbonyl (C=O) groups is 1. The highest BCUT2D eigenvalue weighted by molar-refractivity contribution is 7.99. The fourth-order valence-electron chi connectivity index (χ4n) is 4.64. The van der Waals surface area contributed by atoms with E-state index < -0.39 is 5.97 Å². The van der Waals surface area contributed by atoms with Gasteiger partial charge in [0.1, 0.15) is 0 Å². The monoisotopic (exact) mass is 358 g/mol. The molecule has 0 aliphatic heterocycles. The van der Waals surface area contributed by atoms with Gasteiger partial charge in [-0.1, -0.05) is 42.5 Å². The van der Waals surface area contributed by atoms with Gasteiger partial charge in [-0.3, -0.25) is 4.79 Å². The van der Waals surface area contributed by atoms with Gasteiger partial charge < -0.3 is 5.11 Å². The number of carboxylic acid groups (broad SMARTS) is 1. The molecule has 2 aliphatic carbocycles. The van der Waals surface area contributed by atoms with Crippen molar-refractivity contribution in [1.29, 1.82) is 0 Å². The first-order chi connectivity index (χ1) is 12.2. The van der Waals surface area contributed by atoms with Gasteiger partial charge in [-0.2, -0.15) is 11.8 Å². The molecule has 0 aromatic heterocycles. The molecular formula is C22H30O2S.